The molecule has 1 saturated heterocycles. The molecular formula is C19H27F2N3O2. The molecule has 3 N–H and O–H groups in total. The van der Waals surface area contributed by atoms with E-state index >= 15 is 0 Å². The van der Waals surface area contributed by atoms with Gasteiger partial charge in [-0.1, -0.05) is 13.8 Å². The minimum Gasteiger partial charge on any atom is -0.349 e. The van der Waals surface area contributed by atoms with Gasteiger partial charge in [0.15, 0.2) is 0 Å². The van der Waals surface area contributed by atoms with Gasteiger partial charge in [-0.15, -0.1) is 0 Å². The van der Waals surface area contributed by atoms with Crippen LogP contribution in [0.5, 0.6) is 0 Å². The van der Waals surface area contributed by atoms with Crippen molar-refractivity contribution in [2.24, 2.45) is 11.7 Å². The lowest BCUT2D eigenvalue weighted by Crippen LogP contribution is -2.55. The van der Waals surface area contributed by atoms with Crippen molar-refractivity contribution in [3.8, 4) is 0 Å². The van der Waals surface area contributed by atoms with Gasteiger partial charge in [0.1, 0.15) is 11.6 Å². The standard InChI is InChI=1S/C19H27F2N3O2/c1-3-19(4-2,12-22)23-17(25)13-7-9-24(10-8-13)18(26)15-6-5-14(20)11-16(15)21/h5-6,11,13H,3-4,7-10,12,22H2,1-2H3,(H,23,25). The topological polar surface area (TPSA) is 75.4 Å². The molecule has 0 radical (unpaired) electrons. The van der Waals surface area contributed by atoms with E-state index in [0.29, 0.717) is 38.5 Å². The van der Waals surface area contributed by atoms with Gasteiger partial charge in [0.05, 0.1) is 11.1 Å². The molecule has 5 nitrogen and oxygen atoms in total. The highest BCUT2D eigenvalue weighted by molar-refractivity contribution is 5.94. The summed E-state index contributed by atoms with van der Waals surface area (Å²) in [4.78, 5) is 26.5. The summed E-state index contributed by atoms with van der Waals surface area (Å²) in [5, 5.41) is 3.07. The largest absolute Gasteiger partial charge is 0.349 e. The first-order valence-corrected chi connectivity index (χ1v) is 9.12. The summed E-state index contributed by atoms with van der Waals surface area (Å²) in [6.45, 7) is 5.10. The third-order valence-corrected chi connectivity index (χ3v) is 5.45. The van der Waals surface area contributed by atoms with E-state index in [1.807, 2.05) is 13.8 Å². The Morgan fingerprint density at radius 2 is 1.85 bits per heavy atom. The van der Waals surface area contributed by atoms with Crippen molar-refractivity contribution in [3.05, 3.63) is 35.4 Å². The Morgan fingerprint density at radius 1 is 1.23 bits per heavy atom. The Kier molecular flexibility index (Phi) is 6.69. The number of nitrogens with two attached hydrogens (primary N) is 1. The van der Waals surface area contributed by atoms with Crippen LogP contribution >= 0.6 is 0 Å². The molecule has 1 aromatic rings. The highest BCUT2D eigenvalue weighted by Gasteiger charge is 2.33. The summed E-state index contributed by atoms with van der Waals surface area (Å²) in [6.07, 6.45) is 2.53. The lowest BCUT2D eigenvalue weighted by atomic mass is 9.89. The molecule has 0 spiro atoms. The first-order valence-electron chi connectivity index (χ1n) is 9.12. The summed E-state index contributed by atoms with van der Waals surface area (Å²) >= 11 is 0. The first kappa shape index (κ1) is 20.3. The molecule has 26 heavy (non-hydrogen) atoms. The molecule has 0 bridgehead atoms. The van der Waals surface area contributed by atoms with Crippen molar-refractivity contribution in [1.29, 1.82) is 0 Å². The van der Waals surface area contributed by atoms with Crippen LogP contribution in [0.25, 0.3) is 0 Å². The number of carbonyl (C=O) groups excluding carboxylic acids is 2. The Hall–Kier alpha value is -2.02. The maximum Gasteiger partial charge on any atom is 0.256 e. The van der Waals surface area contributed by atoms with Gasteiger partial charge in [-0.3, -0.25) is 9.59 Å². The molecule has 0 saturated carbocycles. The van der Waals surface area contributed by atoms with Gasteiger partial charge in [0.25, 0.3) is 5.91 Å². The van der Waals surface area contributed by atoms with E-state index in [2.05, 4.69) is 5.32 Å². The Balaban J connectivity index is 1.96. The molecule has 1 heterocycles. The van der Waals surface area contributed by atoms with E-state index in [0.717, 1.165) is 25.0 Å². The molecule has 0 aliphatic carbocycles. The fourth-order valence-electron chi connectivity index (χ4n) is 3.31. The highest BCUT2D eigenvalue weighted by Crippen LogP contribution is 2.22. The van der Waals surface area contributed by atoms with Crippen molar-refractivity contribution in [1.82, 2.24) is 10.2 Å². The normalized spacial score (nSPS) is 15.8. The van der Waals surface area contributed by atoms with E-state index in [1.54, 1.807) is 0 Å². The minimum atomic E-state index is -0.867. The van der Waals surface area contributed by atoms with E-state index in [4.69, 9.17) is 5.73 Å². The van der Waals surface area contributed by atoms with Crippen LogP contribution in [-0.2, 0) is 4.79 Å². The number of piperidine rings is 1. The molecule has 2 rings (SSSR count). The van der Waals surface area contributed by atoms with Crippen LogP contribution in [0, 0.1) is 17.6 Å². The van der Waals surface area contributed by atoms with Gasteiger partial charge in [0, 0.05) is 31.6 Å². The average Bonchev–Trinajstić information content (AvgIpc) is 2.66. The molecule has 0 unspecified atom stereocenters. The Labute approximate surface area is 152 Å². The maximum atomic E-state index is 13.8. The maximum absolute atomic E-state index is 13.8. The lowest BCUT2D eigenvalue weighted by molar-refractivity contribution is -0.128. The summed E-state index contributed by atoms with van der Waals surface area (Å²) < 4.78 is 26.8. The number of hydrogen-bond donors (Lipinski definition) is 2. The van der Waals surface area contributed by atoms with Gasteiger partial charge in [-0.2, -0.15) is 0 Å². The number of halogens is 2. The van der Waals surface area contributed by atoms with Crippen LogP contribution in [0.1, 0.15) is 49.9 Å². The molecule has 0 atom stereocenters. The molecule has 2 amide bonds. The predicted molar refractivity (Wildman–Crippen MR) is 95.5 cm³/mol. The van der Waals surface area contributed by atoms with Crippen LogP contribution in [-0.4, -0.2) is 41.9 Å². The van der Waals surface area contributed by atoms with Crippen LogP contribution in [0.15, 0.2) is 18.2 Å². The van der Waals surface area contributed by atoms with Gasteiger partial charge in [0.2, 0.25) is 5.91 Å². The predicted octanol–water partition coefficient (Wildman–Crippen LogP) is 2.45. The number of carbonyl (C=O) groups is 2. The zero-order valence-electron chi connectivity index (χ0n) is 15.4. The van der Waals surface area contributed by atoms with Crippen molar-refractivity contribution < 1.29 is 18.4 Å². The fraction of sp³-hybridized carbons (Fsp3) is 0.579. The SMILES string of the molecule is CCC(CC)(CN)NC(=O)C1CCN(C(=O)c2ccc(F)cc2F)CC1. The fourth-order valence-corrected chi connectivity index (χ4v) is 3.31. The van der Waals surface area contributed by atoms with E-state index in [-0.39, 0.29) is 22.9 Å². The number of nitrogens with one attached hydrogen (secondary N) is 1. The zero-order valence-corrected chi connectivity index (χ0v) is 15.4. The van der Waals surface area contributed by atoms with E-state index in [9.17, 15) is 18.4 Å². The van der Waals surface area contributed by atoms with Crippen LogP contribution in [0.2, 0.25) is 0 Å². The molecule has 0 aromatic heterocycles. The molecule has 1 aliphatic rings. The second kappa shape index (κ2) is 8.58. The summed E-state index contributed by atoms with van der Waals surface area (Å²) in [5.74, 6) is -2.29. The van der Waals surface area contributed by atoms with Gasteiger partial charge >= 0.3 is 0 Å². The van der Waals surface area contributed by atoms with Crippen molar-refractivity contribution in [2.45, 2.75) is 45.1 Å². The molecule has 7 heteroatoms. The molecule has 1 aliphatic heterocycles. The number of amides is 2. The quantitative estimate of drug-likeness (QED) is 0.811. The van der Waals surface area contributed by atoms with Crippen LogP contribution < -0.4 is 11.1 Å². The van der Waals surface area contributed by atoms with Crippen LogP contribution in [0.4, 0.5) is 8.78 Å². The molecule has 1 aromatic carbocycles. The second-order valence-corrected chi connectivity index (χ2v) is 6.87. The van der Waals surface area contributed by atoms with Gasteiger partial charge in [-0.05, 0) is 37.8 Å². The monoisotopic (exact) mass is 367 g/mol. The minimum absolute atomic E-state index is 0.0424. The number of likely N-dealkylation sites (tertiary alicyclic amines) is 1. The number of rotatable bonds is 6. The first-order chi connectivity index (χ1) is 12.4. The highest BCUT2D eigenvalue weighted by atomic mass is 19.1. The second-order valence-electron chi connectivity index (χ2n) is 6.87. The molecule has 1 fully saturated rings. The zero-order chi connectivity index (χ0) is 19.3. The Bertz CT molecular complexity index is 646. The summed E-state index contributed by atoms with van der Waals surface area (Å²) in [6, 6.07) is 2.93. The summed E-state index contributed by atoms with van der Waals surface area (Å²) in [7, 11) is 0. The van der Waals surface area contributed by atoms with Gasteiger partial charge in [-0.25, -0.2) is 8.78 Å². The number of benzene rings is 1. The number of hydrogen-bond acceptors (Lipinski definition) is 3. The third-order valence-electron chi connectivity index (χ3n) is 5.45. The van der Waals surface area contributed by atoms with Crippen LogP contribution in [0.3, 0.4) is 0 Å². The van der Waals surface area contributed by atoms with E-state index < -0.39 is 17.5 Å². The molecular weight excluding hydrogens is 340 g/mol. The van der Waals surface area contributed by atoms with Crippen molar-refractivity contribution in [2.75, 3.05) is 19.6 Å². The number of nitrogens with zero attached hydrogens (tertiary/aromatic N) is 1. The van der Waals surface area contributed by atoms with Crippen molar-refractivity contribution in [3.63, 3.8) is 0 Å². The lowest BCUT2D eigenvalue weighted by Gasteiger charge is -2.36. The van der Waals surface area contributed by atoms with E-state index in [1.165, 1.54) is 4.90 Å². The summed E-state index contributed by atoms with van der Waals surface area (Å²) in [5.41, 5.74) is 5.30. The smallest absolute Gasteiger partial charge is 0.256 e. The molecule has 144 valence electrons. The average molecular weight is 367 g/mol. The van der Waals surface area contributed by atoms with Crippen molar-refractivity contribution >= 4 is 11.8 Å². The Morgan fingerprint density at radius 3 is 2.35 bits per heavy atom. The van der Waals surface area contributed by atoms with Gasteiger partial charge < -0.3 is 16.0 Å². The third kappa shape index (κ3) is 4.38.